The second kappa shape index (κ2) is 2.17. The van der Waals surface area contributed by atoms with Crippen LogP contribution in [0.5, 0.6) is 0 Å². The summed E-state index contributed by atoms with van der Waals surface area (Å²) in [6.45, 7) is 0. The van der Waals surface area contributed by atoms with Crippen LogP contribution in [0.2, 0.25) is 0 Å². The third-order valence-corrected chi connectivity index (χ3v) is 2.72. The lowest BCUT2D eigenvalue weighted by molar-refractivity contribution is 0.363. The van der Waals surface area contributed by atoms with Crippen LogP contribution in [0.3, 0.4) is 0 Å². The normalized spacial score (nSPS) is 17.7. The van der Waals surface area contributed by atoms with Gasteiger partial charge in [0.1, 0.15) is 9.50 Å². The van der Waals surface area contributed by atoms with Crippen molar-refractivity contribution in [1.29, 1.82) is 0 Å². The SMILES string of the molecule is FS(F)(F)(F)(F)c1ccnc(Br)c1. The van der Waals surface area contributed by atoms with Gasteiger partial charge in [0, 0.05) is 6.20 Å². The smallest absolute Gasteiger partial charge is 0.249 e. The van der Waals surface area contributed by atoms with Crippen molar-refractivity contribution in [1.82, 2.24) is 4.98 Å². The summed E-state index contributed by atoms with van der Waals surface area (Å²) < 4.78 is 60.1. The third kappa shape index (κ3) is 2.80. The van der Waals surface area contributed by atoms with Gasteiger partial charge in [0.05, 0.1) is 0 Å². The monoisotopic (exact) mass is 283 g/mol. The highest BCUT2D eigenvalue weighted by atomic mass is 79.9. The van der Waals surface area contributed by atoms with Gasteiger partial charge in [-0.25, -0.2) is 4.98 Å². The van der Waals surface area contributed by atoms with E-state index in [0.29, 0.717) is 6.20 Å². The first-order valence-corrected chi connectivity index (χ1v) is 5.59. The fraction of sp³-hybridized carbons (Fsp3) is 0. The Balaban J connectivity index is 3.41. The van der Waals surface area contributed by atoms with Crippen LogP contribution in [-0.2, 0) is 0 Å². The molecule has 0 unspecified atom stereocenters. The molecule has 8 heteroatoms. The molecule has 0 aliphatic rings. The molecule has 0 saturated heterocycles. The highest BCUT2D eigenvalue weighted by Crippen LogP contribution is 3.02. The van der Waals surface area contributed by atoms with E-state index in [9.17, 15) is 19.4 Å². The van der Waals surface area contributed by atoms with E-state index in [-0.39, 0.29) is 16.7 Å². The van der Waals surface area contributed by atoms with Gasteiger partial charge >= 0.3 is 10.2 Å². The number of hydrogen-bond acceptors (Lipinski definition) is 1. The molecule has 0 spiro atoms. The summed E-state index contributed by atoms with van der Waals surface area (Å²) in [6, 6.07) is 0.494. The first-order valence-electron chi connectivity index (χ1n) is 2.85. The Morgan fingerprint density at radius 3 is 2.00 bits per heavy atom. The Morgan fingerprint density at radius 1 is 1.15 bits per heavy atom. The Hall–Kier alpha value is -0.370. The van der Waals surface area contributed by atoms with Gasteiger partial charge in [0.15, 0.2) is 0 Å². The number of rotatable bonds is 1. The summed E-state index contributed by atoms with van der Waals surface area (Å²) in [5.74, 6) is 0. The molecule has 0 aliphatic carbocycles. The highest BCUT2D eigenvalue weighted by Gasteiger charge is 2.65. The van der Waals surface area contributed by atoms with E-state index in [0.717, 1.165) is 0 Å². The third-order valence-electron chi connectivity index (χ3n) is 1.14. The van der Waals surface area contributed by atoms with Crippen LogP contribution in [0, 0.1) is 0 Å². The zero-order valence-electron chi connectivity index (χ0n) is 5.86. The average Bonchev–Trinajstić information content (AvgIpc) is 1.82. The van der Waals surface area contributed by atoms with Crippen LogP contribution in [0.1, 0.15) is 0 Å². The van der Waals surface area contributed by atoms with E-state index in [1.54, 1.807) is 0 Å². The van der Waals surface area contributed by atoms with Crippen LogP contribution in [0.15, 0.2) is 27.8 Å². The summed E-state index contributed by atoms with van der Waals surface area (Å²) in [5.41, 5.74) is 0. The Kier molecular flexibility index (Phi) is 1.78. The molecule has 0 amide bonds. The second-order valence-electron chi connectivity index (χ2n) is 2.28. The minimum absolute atomic E-state index is 0.242. The molecular formula is C5H3BrF5NS. The second-order valence-corrected chi connectivity index (χ2v) is 5.51. The van der Waals surface area contributed by atoms with E-state index in [1.807, 2.05) is 0 Å². The fourth-order valence-corrected chi connectivity index (χ4v) is 1.79. The zero-order chi connectivity index (χ0) is 10.4. The van der Waals surface area contributed by atoms with Crippen molar-refractivity contribution in [3.05, 3.63) is 22.9 Å². The number of halogens is 6. The zero-order valence-corrected chi connectivity index (χ0v) is 8.26. The van der Waals surface area contributed by atoms with Gasteiger partial charge in [-0.3, -0.25) is 0 Å². The molecule has 1 aromatic rings. The van der Waals surface area contributed by atoms with Crippen molar-refractivity contribution in [3.8, 4) is 0 Å². The fourth-order valence-electron chi connectivity index (χ4n) is 0.625. The first kappa shape index (κ1) is 10.7. The van der Waals surface area contributed by atoms with Crippen molar-refractivity contribution in [3.63, 3.8) is 0 Å². The molecule has 0 radical (unpaired) electrons. The van der Waals surface area contributed by atoms with E-state index < -0.39 is 15.1 Å². The maximum absolute atomic E-state index is 12.1. The van der Waals surface area contributed by atoms with Crippen LogP contribution in [0.25, 0.3) is 0 Å². The van der Waals surface area contributed by atoms with Crippen molar-refractivity contribution in [2.45, 2.75) is 4.90 Å². The molecule has 0 aliphatic heterocycles. The van der Waals surface area contributed by atoms with Crippen LogP contribution < -0.4 is 0 Å². The summed E-state index contributed by atoms with van der Waals surface area (Å²) >= 11 is 2.58. The van der Waals surface area contributed by atoms with E-state index >= 15 is 0 Å². The molecule has 0 saturated carbocycles. The Bertz CT molecular complexity index is 346. The van der Waals surface area contributed by atoms with E-state index in [1.165, 1.54) is 0 Å². The summed E-state index contributed by atoms with van der Waals surface area (Å²) in [4.78, 5) is 1.38. The molecule has 1 rings (SSSR count). The first-order chi connectivity index (χ1) is 5.49. The summed E-state index contributed by atoms with van der Waals surface area (Å²) in [7, 11) is -9.53. The van der Waals surface area contributed by atoms with Crippen LogP contribution >= 0.6 is 26.2 Å². The van der Waals surface area contributed by atoms with Crippen LogP contribution in [0.4, 0.5) is 19.4 Å². The quantitative estimate of drug-likeness (QED) is 0.546. The van der Waals surface area contributed by atoms with Crippen molar-refractivity contribution < 1.29 is 19.4 Å². The van der Waals surface area contributed by atoms with Crippen molar-refractivity contribution in [2.24, 2.45) is 0 Å². The van der Waals surface area contributed by atoms with Gasteiger partial charge in [-0.1, -0.05) is 19.4 Å². The largest absolute Gasteiger partial charge is 0.310 e. The maximum atomic E-state index is 12.1. The maximum Gasteiger partial charge on any atom is 0.310 e. The molecular weight excluding hydrogens is 281 g/mol. The van der Waals surface area contributed by atoms with Crippen molar-refractivity contribution >= 4 is 26.2 Å². The van der Waals surface area contributed by atoms with E-state index in [2.05, 4.69) is 20.9 Å². The number of nitrogens with zero attached hydrogens (tertiary/aromatic N) is 1. The molecule has 0 aromatic carbocycles. The molecule has 1 nitrogen and oxygen atoms in total. The lowest BCUT2D eigenvalue weighted by Gasteiger charge is -2.40. The molecule has 13 heavy (non-hydrogen) atoms. The minimum Gasteiger partial charge on any atom is -0.249 e. The van der Waals surface area contributed by atoms with Gasteiger partial charge in [0.25, 0.3) is 0 Å². The predicted octanol–water partition coefficient (Wildman–Crippen LogP) is 4.50. The molecule has 76 valence electrons. The van der Waals surface area contributed by atoms with Gasteiger partial charge in [-0.2, -0.15) is 0 Å². The van der Waals surface area contributed by atoms with Gasteiger partial charge < -0.3 is 0 Å². The number of pyridine rings is 1. The topological polar surface area (TPSA) is 12.9 Å². The molecule has 0 atom stereocenters. The molecule has 1 heterocycles. The molecule has 0 N–H and O–H groups in total. The molecule has 1 aromatic heterocycles. The minimum atomic E-state index is -9.53. The van der Waals surface area contributed by atoms with Gasteiger partial charge in [-0.05, 0) is 28.1 Å². The van der Waals surface area contributed by atoms with Gasteiger partial charge in [0.2, 0.25) is 0 Å². The Morgan fingerprint density at radius 2 is 1.69 bits per heavy atom. The Labute approximate surface area is 78.8 Å². The molecule has 0 bridgehead atoms. The lowest BCUT2D eigenvalue weighted by Crippen LogP contribution is -2.05. The summed E-state index contributed by atoms with van der Waals surface area (Å²) in [6.07, 6.45) is 0.664. The summed E-state index contributed by atoms with van der Waals surface area (Å²) in [5, 5.41) is 0. The average molecular weight is 284 g/mol. The van der Waals surface area contributed by atoms with Crippen molar-refractivity contribution in [2.75, 3.05) is 0 Å². The molecule has 0 fully saturated rings. The van der Waals surface area contributed by atoms with Crippen LogP contribution in [-0.4, -0.2) is 4.98 Å². The van der Waals surface area contributed by atoms with E-state index in [4.69, 9.17) is 0 Å². The standard InChI is InChI=1S/C5H3BrF5NS/c6-5-3-4(1-2-12-5)13(7,8,9,10)11/h1-3H. The predicted molar refractivity (Wildman–Crippen MR) is 43.3 cm³/mol. The van der Waals surface area contributed by atoms with Gasteiger partial charge in [-0.15, -0.1) is 0 Å². The number of hydrogen-bond donors (Lipinski definition) is 0. The highest BCUT2D eigenvalue weighted by molar-refractivity contribution is 9.10. The number of aromatic nitrogens is 1. The lowest BCUT2D eigenvalue weighted by atomic mass is 10.5.